The molecule has 2 unspecified atom stereocenters. The number of likely N-dealkylation sites (N-methyl/N-ethyl adjacent to an activating group) is 1. The molecule has 0 aromatic carbocycles. The smallest absolute Gasteiger partial charge is 0.273 e. The van der Waals surface area contributed by atoms with Crippen LogP contribution in [0.5, 0.6) is 0 Å². The van der Waals surface area contributed by atoms with Crippen molar-refractivity contribution in [2.45, 2.75) is 93.1 Å². The molecule has 2 aliphatic heterocycles. The Kier molecular flexibility index (Phi) is 13.1. The van der Waals surface area contributed by atoms with Crippen LogP contribution in [0.25, 0.3) is 0 Å². The average Bonchev–Trinajstić information content (AvgIpc) is 2.98. The van der Waals surface area contributed by atoms with Crippen LogP contribution in [0.3, 0.4) is 0 Å². The predicted molar refractivity (Wildman–Crippen MR) is 155 cm³/mol. The first-order chi connectivity index (χ1) is 20.9. The molecule has 1 aliphatic carbocycles. The van der Waals surface area contributed by atoms with E-state index in [0.29, 0.717) is 30.8 Å². The highest BCUT2D eigenvalue weighted by atomic mass is 16.7. The van der Waals surface area contributed by atoms with Gasteiger partial charge in [-0.3, -0.25) is 10.2 Å². The van der Waals surface area contributed by atoms with Gasteiger partial charge in [-0.25, -0.2) is 0 Å². The summed E-state index contributed by atoms with van der Waals surface area (Å²) < 4.78 is 23.8. The second kappa shape index (κ2) is 16.1. The Morgan fingerprint density at radius 1 is 1.20 bits per heavy atom. The van der Waals surface area contributed by atoms with Gasteiger partial charge in [-0.2, -0.15) is 0 Å². The molecule has 0 aromatic rings. The minimum absolute atomic E-state index is 0.0270. The molecule has 11 atom stereocenters. The van der Waals surface area contributed by atoms with Crippen molar-refractivity contribution in [1.29, 1.82) is 5.41 Å². The maximum Gasteiger partial charge on any atom is 0.273 e. The fourth-order valence-electron chi connectivity index (χ4n) is 5.40. The van der Waals surface area contributed by atoms with Crippen molar-refractivity contribution in [1.82, 2.24) is 21.3 Å². The van der Waals surface area contributed by atoms with E-state index in [1.54, 1.807) is 13.1 Å². The molecule has 0 bridgehead atoms. The molecular weight excluding hydrogens is 584 g/mol. The third-order valence-corrected chi connectivity index (χ3v) is 7.88. The molecule has 18 heteroatoms. The summed E-state index contributed by atoms with van der Waals surface area (Å²) in [6.07, 6.45) is -4.80. The lowest BCUT2D eigenvalue weighted by Gasteiger charge is -2.47. The molecule has 3 aliphatic rings. The standard InChI is InChI=1S/C26H48N8O10/c1-3-26(40,34-25(29)30)24(39)33-16-8-15(28)20(43-22-14(27)5-4-13(42-22)9-32-6-7-35)19(38)21(16)44-23-18(37)17(31-2)12(10-36)11-41-23/h4,10,14-23,31-32,35-38,40H,3,5-9,11,27-28H2,1-2H3,(H,33,39)(H4,29,30,34)/b12-10-/t14-,15+,16-,17+,18-,19+,20?,21+,22-,23-,26?/m1/s1. The van der Waals surface area contributed by atoms with Crippen LogP contribution in [0.2, 0.25) is 0 Å². The number of carbonyl (C=O) groups excluding carboxylic acids is 1. The molecule has 16 N–H and O–H groups in total. The zero-order chi connectivity index (χ0) is 32.6. The lowest BCUT2D eigenvalue weighted by molar-refractivity contribution is -0.275. The summed E-state index contributed by atoms with van der Waals surface area (Å²) in [4.78, 5) is 13.2. The van der Waals surface area contributed by atoms with Gasteiger partial charge in [0.05, 0.1) is 44.1 Å². The summed E-state index contributed by atoms with van der Waals surface area (Å²) in [6.45, 7) is 2.01. The SMILES string of the molecule is CCC(O)(NC(=N)N)C(=O)N[C@@H]1C[C@H](N)C(O[C@H]2OC(CNCCO)=CC[C@H]2N)[C@H](O)[C@H]1O[C@H]1OC/C(=C/O)[C@H](NC)[C@H]1O. The van der Waals surface area contributed by atoms with Crippen molar-refractivity contribution >= 4 is 11.9 Å². The van der Waals surface area contributed by atoms with Crippen LogP contribution in [0.1, 0.15) is 26.2 Å². The fraction of sp³-hybridized carbons (Fsp3) is 0.769. The number of aliphatic hydroxyl groups is 5. The van der Waals surface area contributed by atoms with Crippen molar-refractivity contribution in [3.05, 3.63) is 23.7 Å². The van der Waals surface area contributed by atoms with E-state index in [0.717, 1.165) is 6.26 Å². The number of carbonyl (C=O) groups is 1. The van der Waals surface area contributed by atoms with Crippen LogP contribution in [-0.2, 0) is 23.7 Å². The lowest BCUT2D eigenvalue weighted by Crippen LogP contribution is -2.69. The van der Waals surface area contributed by atoms with Gasteiger partial charge in [-0.05, 0) is 26.0 Å². The molecule has 1 amide bonds. The number of nitrogens with two attached hydrogens (primary N) is 3. The first-order valence-corrected chi connectivity index (χ1v) is 14.5. The lowest BCUT2D eigenvalue weighted by atomic mass is 9.83. The van der Waals surface area contributed by atoms with Gasteiger partial charge in [-0.1, -0.05) is 6.92 Å². The topological polar surface area (TPSA) is 305 Å². The number of aliphatic hydroxyl groups excluding tert-OH is 4. The first kappa shape index (κ1) is 35.9. The summed E-state index contributed by atoms with van der Waals surface area (Å²) >= 11 is 0. The van der Waals surface area contributed by atoms with E-state index in [-0.39, 0.29) is 26.1 Å². The van der Waals surface area contributed by atoms with Crippen LogP contribution in [0.15, 0.2) is 23.7 Å². The van der Waals surface area contributed by atoms with E-state index in [1.807, 2.05) is 0 Å². The molecule has 44 heavy (non-hydrogen) atoms. The monoisotopic (exact) mass is 632 g/mol. The molecule has 0 spiro atoms. The molecule has 0 radical (unpaired) electrons. The summed E-state index contributed by atoms with van der Waals surface area (Å²) in [7, 11) is 1.57. The molecule has 1 saturated heterocycles. The Morgan fingerprint density at radius 2 is 1.91 bits per heavy atom. The van der Waals surface area contributed by atoms with Gasteiger partial charge in [0, 0.05) is 24.6 Å². The Hall–Kier alpha value is -2.62. The highest BCUT2D eigenvalue weighted by Gasteiger charge is 2.50. The van der Waals surface area contributed by atoms with Gasteiger partial charge in [0.1, 0.15) is 30.2 Å². The summed E-state index contributed by atoms with van der Waals surface area (Å²) in [5.74, 6) is -1.07. The van der Waals surface area contributed by atoms with Gasteiger partial charge in [-0.15, -0.1) is 0 Å². The van der Waals surface area contributed by atoms with Gasteiger partial charge in [0.25, 0.3) is 5.91 Å². The molecule has 2 heterocycles. The second-order valence-corrected chi connectivity index (χ2v) is 11.0. The predicted octanol–water partition coefficient (Wildman–Crippen LogP) is -4.80. The zero-order valence-corrected chi connectivity index (χ0v) is 24.9. The van der Waals surface area contributed by atoms with Gasteiger partial charge < -0.3 is 82.9 Å². The summed E-state index contributed by atoms with van der Waals surface area (Å²) in [6, 6.07) is -3.29. The van der Waals surface area contributed by atoms with Crippen LogP contribution < -0.4 is 38.5 Å². The number of nitrogens with one attached hydrogen (secondary N) is 5. The normalized spacial score (nSPS) is 36.5. The van der Waals surface area contributed by atoms with Gasteiger partial charge in [0.2, 0.25) is 12.0 Å². The quantitative estimate of drug-likeness (QED) is 0.0298. The highest BCUT2D eigenvalue weighted by molar-refractivity contribution is 5.89. The highest BCUT2D eigenvalue weighted by Crippen LogP contribution is 2.31. The average molecular weight is 633 g/mol. The molecule has 1 saturated carbocycles. The van der Waals surface area contributed by atoms with Crippen LogP contribution in [-0.4, -0.2) is 138 Å². The number of hydrogen-bond donors (Lipinski definition) is 13. The molecule has 0 aromatic heterocycles. The van der Waals surface area contributed by atoms with Crippen molar-refractivity contribution in [2.75, 3.05) is 33.4 Å². The number of ether oxygens (including phenoxy) is 4. The van der Waals surface area contributed by atoms with Crippen molar-refractivity contribution in [2.24, 2.45) is 17.2 Å². The van der Waals surface area contributed by atoms with E-state index >= 15 is 0 Å². The first-order valence-electron chi connectivity index (χ1n) is 14.5. The van der Waals surface area contributed by atoms with E-state index in [2.05, 4.69) is 21.3 Å². The third-order valence-electron chi connectivity index (χ3n) is 7.88. The molecule has 2 fully saturated rings. The maximum atomic E-state index is 13.2. The Labute approximate surface area is 255 Å². The van der Waals surface area contributed by atoms with Crippen molar-refractivity contribution < 1.29 is 49.3 Å². The molecule has 252 valence electrons. The Morgan fingerprint density at radius 3 is 2.52 bits per heavy atom. The van der Waals surface area contributed by atoms with Crippen molar-refractivity contribution in [3.63, 3.8) is 0 Å². The Balaban J connectivity index is 1.85. The molecule has 3 rings (SSSR count). The molecule has 18 nitrogen and oxygen atoms in total. The van der Waals surface area contributed by atoms with E-state index in [1.165, 1.54) is 6.92 Å². The number of guanidine groups is 1. The third kappa shape index (κ3) is 8.55. The van der Waals surface area contributed by atoms with Crippen LogP contribution >= 0.6 is 0 Å². The maximum absolute atomic E-state index is 13.2. The van der Waals surface area contributed by atoms with E-state index in [9.17, 15) is 25.2 Å². The number of hydrogen-bond acceptors (Lipinski definition) is 15. The summed E-state index contributed by atoms with van der Waals surface area (Å²) in [5, 5.41) is 70.2. The van der Waals surface area contributed by atoms with E-state index in [4.69, 9.17) is 46.7 Å². The largest absolute Gasteiger partial charge is 0.515 e. The van der Waals surface area contributed by atoms with Crippen LogP contribution in [0.4, 0.5) is 0 Å². The Bertz CT molecular complexity index is 1040. The fourth-order valence-corrected chi connectivity index (χ4v) is 5.40. The number of amides is 1. The van der Waals surface area contributed by atoms with Crippen molar-refractivity contribution in [3.8, 4) is 0 Å². The number of rotatable bonds is 13. The van der Waals surface area contributed by atoms with Gasteiger partial charge in [0.15, 0.2) is 12.2 Å². The second-order valence-electron chi connectivity index (χ2n) is 11.0. The van der Waals surface area contributed by atoms with E-state index < -0.39 is 78.8 Å². The zero-order valence-electron chi connectivity index (χ0n) is 24.9. The van der Waals surface area contributed by atoms with Gasteiger partial charge >= 0.3 is 0 Å². The minimum Gasteiger partial charge on any atom is -0.515 e. The molecular formula is C26H48N8O10. The summed E-state index contributed by atoms with van der Waals surface area (Å²) in [5.41, 5.74) is 16.2. The van der Waals surface area contributed by atoms with Crippen LogP contribution in [0, 0.1) is 5.41 Å². The minimum atomic E-state index is -2.26.